The summed E-state index contributed by atoms with van der Waals surface area (Å²) in [5, 5.41) is 12.4. The Morgan fingerprint density at radius 3 is 2.29 bits per heavy atom. The van der Waals surface area contributed by atoms with Gasteiger partial charge < -0.3 is 19.9 Å². The van der Waals surface area contributed by atoms with E-state index in [1.54, 1.807) is 17.0 Å². The lowest BCUT2D eigenvalue weighted by molar-refractivity contribution is -0.118. The summed E-state index contributed by atoms with van der Waals surface area (Å²) in [7, 11) is 2.94. The summed E-state index contributed by atoms with van der Waals surface area (Å²) in [4.78, 5) is 1.68. The molecule has 1 heterocycles. The van der Waals surface area contributed by atoms with Crippen molar-refractivity contribution in [3.63, 3.8) is 0 Å². The molecule has 0 unspecified atom stereocenters. The van der Waals surface area contributed by atoms with E-state index in [-0.39, 0.29) is 12.4 Å². The zero-order valence-corrected chi connectivity index (χ0v) is 15.9. The predicted molar refractivity (Wildman–Crippen MR) is 93.7 cm³/mol. The maximum atomic E-state index is 14.5. The smallest absolute Gasteiger partial charge is 0.289 e. The number of aliphatic hydroxyl groups excluding tert-OH is 1. The van der Waals surface area contributed by atoms with Crippen LogP contribution in [0.5, 0.6) is 11.5 Å². The number of halogens is 4. The standard InChI is InChI=1S/C15H21BrF2N2O3.ClH/c1-22-12-7-10(11(16)8-13(12)23-2)14(15(17,18)9-21)20-5-3-19-4-6-20;/h7-8,14,19,21H,3-6,9H2,1-2H3;1H/t14-;/m0./s1. The molecular formula is C15H22BrClF2N2O3. The van der Waals surface area contributed by atoms with E-state index >= 15 is 0 Å². The number of hydrogen-bond donors (Lipinski definition) is 2. The van der Waals surface area contributed by atoms with Gasteiger partial charge in [0.2, 0.25) is 0 Å². The first-order valence-corrected chi connectivity index (χ1v) is 8.08. The number of alkyl halides is 2. The highest BCUT2D eigenvalue weighted by atomic mass is 79.9. The zero-order valence-electron chi connectivity index (χ0n) is 13.5. The quantitative estimate of drug-likeness (QED) is 0.725. The second kappa shape index (κ2) is 9.15. The number of benzene rings is 1. The molecule has 0 bridgehead atoms. The third kappa shape index (κ3) is 4.49. The first kappa shape index (κ1) is 21.4. The first-order valence-electron chi connectivity index (χ1n) is 7.29. The summed E-state index contributed by atoms with van der Waals surface area (Å²) >= 11 is 3.35. The van der Waals surface area contributed by atoms with Gasteiger partial charge in [0.1, 0.15) is 12.6 Å². The lowest BCUT2D eigenvalue weighted by atomic mass is 9.97. The molecule has 5 nitrogen and oxygen atoms in total. The molecule has 1 aliphatic rings. The average molecular weight is 432 g/mol. The Hall–Kier alpha value is -0.670. The van der Waals surface area contributed by atoms with E-state index in [2.05, 4.69) is 21.2 Å². The fourth-order valence-electron chi connectivity index (χ4n) is 2.80. The molecule has 1 atom stereocenters. The lowest BCUT2D eigenvalue weighted by Crippen LogP contribution is -2.51. The lowest BCUT2D eigenvalue weighted by Gasteiger charge is -2.39. The van der Waals surface area contributed by atoms with E-state index in [0.29, 0.717) is 47.7 Å². The van der Waals surface area contributed by atoms with Gasteiger partial charge in [-0.3, -0.25) is 4.90 Å². The zero-order chi connectivity index (χ0) is 17.0. The van der Waals surface area contributed by atoms with E-state index in [4.69, 9.17) is 9.47 Å². The topological polar surface area (TPSA) is 54.0 Å². The van der Waals surface area contributed by atoms with Crippen LogP contribution >= 0.6 is 28.3 Å². The molecule has 2 N–H and O–H groups in total. The van der Waals surface area contributed by atoms with Crippen molar-refractivity contribution in [3.05, 3.63) is 22.2 Å². The van der Waals surface area contributed by atoms with Crippen molar-refractivity contribution in [1.82, 2.24) is 10.2 Å². The monoisotopic (exact) mass is 430 g/mol. The van der Waals surface area contributed by atoms with Crippen LogP contribution in [0.2, 0.25) is 0 Å². The molecule has 138 valence electrons. The number of nitrogens with zero attached hydrogens (tertiary/aromatic N) is 1. The highest BCUT2D eigenvalue weighted by molar-refractivity contribution is 9.10. The Morgan fingerprint density at radius 1 is 1.25 bits per heavy atom. The van der Waals surface area contributed by atoms with E-state index in [9.17, 15) is 13.9 Å². The van der Waals surface area contributed by atoms with Gasteiger partial charge in [0, 0.05) is 30.7 Å². The molecule has 1 aromatic rings. The van der Waals surface area contributed by atoms with E-state index in [0.717, 1.165) is 0 Å². The van der Waals surface area contributed by atoms with E-state index in [1.807, 2.05) is 0 Å². The number of rotatable bonds is 6. The van der Waals surface area contributed by atoms with E-state index in [1.165, 1.54) is 14.2 Å². The number of aliphatic hydroxyl groups is 1. The second-order valence-electron chi connectivity index (χ2n) is 5.34. The molecule has 1 aromatic carbocycles. The summed E-state index contributed by atoms with van der Waals surface area (Å²) in [6.45, 7) is 0.982. The summed E-state index contributed by atoms with van der Waals surface area (Å²) in [5.41, 5.74) is 0.364. The molecule has 1 saturated heterocycles. The Bertz CT molecular complexity index is 546. The van der Waals surface area contributed by atoms with Crippen molar-refractivity contribution in [3.8, 4) is 11.5 Å². The maximum Gasteiger partial charge on any atom is 0.289 e. The van der Waals surface area contributed by atoms with Crippen LogP contribution in [0.15, 0.2) is 16.6 Å². The molecule has 2 rings (SSSR count). The highest BCUT2D eigenvalue weighted by Gasteiger charge is 2.45. The summed E-state index contributed by atoms with van der Waals surface area (Å²) in [6.07, 6.45) is 0. The third-order valence-corrected chi connectivity index (χ3v) is 4.61. The van der Waals surface area contributed by atoms with Crippen LogP contribution in [-0.2, 0) is 0 Å². The van der Waals surface area contributed by atoms with Gasteiger partial charge in [-0.1, -0.05) is 15.9 Å². The van der Waals surface area contributed by atoms with Crippen LogP contribution in [0.1, 0.15) is 11.6 Å². The molecule has 1 fully saturated rings. The van der Waals surface area contributed by atoms with Gasteiger partial charge in [-0.15, -0.1) is 12.4 Å². The van der Waals surface area contributed by atoms with Crippen LogP contribution in [0.3, 0.4) is 0 Å². The number of ether oxygens (including phenoxy) is 2. The Labute approximate surface area is 154 Å². The maximum absolute atomic E-state index is 14.5. The van der Waals surface area contributed by atoms with Crippen molar-refractivity contribution in [1.29, 1.82) is 0 Å². The molecule has 0 amide bonds. The van der Waals surface area contributed by atoms with E-state index < -0.39 is 18.6 Å². The molecule has 1 aliphatic heterocycles. The summed E-state index contributed by atoms with van der Waals surface area (Å²) < 4.78 is 39.9. The Kier molecular flexibility index (Phi) is 8.14. The van der Waals surface area contributed by atoms with Gasteiger partial charge in [0.25, 0.3) is 5.92 Å². The molecule has 0 aliphatic carbocycles. The number of hydrogen-bond acceptors (Lipinski definition) is 5. The fraction of sp³-hybridized carbons (Fsp3) is 0.600. The van der Waals surface area contributed by atoms with Crippen LogP contribution in [-0.4, -0.2) is 62.9 Å². The van der Waals surface area contributed by atoms with Crippen molar-refractivity contribution < 1.29 is 23.4 Å². The van der Waals surface area contributed by atoms with Gasteiger partial charge in [0.15, 0.2) is 11.5 Å². The molecule has 0 radical (unpaired) electrons. The SMILES string of the molecule is COc1cc(Br)c([C@H](N2CCNCC2)C(F)(F)CO)cc1OC.Cl. The third-order valence-electron chi connectivity index (χ3n) is 3.93. The molecule has 0 spiro atoms. The number of nitrogens with one attached hydrogen (secondary N) is 1. The Morgan fingerprint density at radius 2 is 1.79 bits per heavy atom. The minimum absolute atomic E-state index is 0. The summed E-state index contributed by atoms with van der Waals surface area (Å²) in [5.74, 6) is -2.45. The van der Waals surface area contributed by atoms with Crippen LogP contribution in [0.4, 0.5) is 8.78 Å². The second-order valence-corrected chi connectivity index (χ2v) is 6.19. The van der Waals surface area contributed by atoms with Gasteiger partial charge >= 0.3 is 0 Å². The molecule has 0 saturated carbocycles. The van der Waals surface area contributed by atoms with Crippen molar-refractivity contribution in [2.45, 2.75) is 12.0 Å². The highest BCUT2D eigenvalue weighted by Crippen LogP contribution is 2.43. The summed E-state index contributed by atoms with van der Waals surface area (Å²) in [6, 6.07) is 1.90. The van der Waals surface area contributed by atoms with Crippen LogP contribution < -0.4 is 14.8 Å². The molecule has 24 heavy (non-hydrogen) atoms. The normalized spacial score (nSPS) is 17.1. The van der Waals surface area contributed by atoms with Crippen molar-refractivity contribution >= 4 is 28.3 Å². The molecule has 0 aromatic heterocycles. The minimum Gasteiger partial charge on any atom is -0.493 e. The van der Waals surface area contributed by atoms with Crippen LogP contribution in [0, 0.1) is 0 Å². The van der Waals surface area contributed by atoms with Gasteiger partial charge in [0.05, 0.1) is 14.2 Å². The van der Waals surface area contributed by atoms with Gasteiger partial charge in [-0.25, -0.2) is 8.78 Å². The first-order chi connectivity index (χ1) is 10.9. The van der Waals surface area contributed by atoms with Gasteiger partial charge in [-0.2, -0.15) is 0 Å². The molecule has 9 heteroatoms. The minimum atomic E-state index is -3.28. The predicted octanol–water partition coefficient (Wildman–Crippen LogP) is 2.46. The number of piperazine rings is 1. The fourth-order valence-corrected chi connectivity index (χ4v) is 3.34. The molecular weight excluding hydrogens is 410 g/mol. The van der Waals surface area contributed by atoms with Crippen LogP contribution in [0.25, 0.3) is 0 Å². The van der Waals surface area contributed by atoms with Crippen molar-refractivity contribution in [2.75, 3.05) is 47.0 Å². The number of methoxy groups -OCH3 is 2. The Balaban J connectivity index is 0.00000288. The van der Waals surface area contributed by atoms with Crippen molar-refractivity contribution in [2.24, 2.45) is 0 Å². The largest absolute Gasteiger partial charge is 0.493 e. The average Bonchev–Trinajstić information content (AvgIpc) is 2.57. The van der Waals surface area contributed by atoms with Gasteiger partial charge in [-0.05, 0) is 17.7 Å².